The summed E-state index contributed by atoms with van der Waals surface area (Å²) >= 11 is 9.72. The van der Waals surface area contributed by atoms with Gasteiger partial charge in [-0.1, -0.05) is 230 Å². The van der Waals surface area contributed by atoms with E-state index in [9.17, 15) is 10.0 Å². The molecule has 20 aromatic rings. The van der Waals surface area contributed by atoms with E-state index < -0.39 is 7.12 Å². The fraction of sp³-hybridized carbons (Fsp3) is 0. The van der Waals surface area contributed by atoms with Gasteiger partial charge in [-0.2, -0.15) is 0 Å². The Morgan fingerprint density at radius 2 is 0.719 bits per heavy atom. The minimum absolute atomic E-state index is 0.495. The van der Waals surface area contributed by atoms with Crippen molar-refractivity contribution in [2.24, 2.45) is 0 Å². The van der Waals surface area contributed by atoms with Gasteiger partial charge >= 0.3 is 7.12 Å². The van der Waals surface area contributed by atoms with E-state index in [1.165, 1.54) is 68.2 Å². The van der Waals surface area contributed by atoms with Gasteiger partial charge in [-0.05, 0) is 155 Å². The van der Waals surface area contributed by atoms with Crippen molar-refractivity contribution in [2.45, 2.75) is 0 Å². The highest BCUT2D eigenvalue weighted by Crippen LogP contribution is 2.44. The Hall–Kier alpha value is -11.4. The van der Waals surface area contributed by atoms with Crippen molar-refractivity contribution >= 4 is 175 Å². The number of furan rings is 2. The van der Waals surface area contributed by atoms with Crippen LogP contribution in [0.15, 0.2) is 300 Å². The van der Waals surface area contributed by atoms with Crippen LogP contribution in [0.4, 0.5) is 0 Å². The van der Waals surface area contributed by atoms with Gasteiger partial charge in [0.25, 0.3) is 0 Å². The molecule has 0 saturated carbocycles. The van der Waals surface area contributed by atoms with Crippen LogP contribution in [-0.2, 0) is 0 Å². The molecule has 96 heavy (non-hydrogen) atoms. The third kappa shape index (κ3) is 10.2. The summed E-state index contributed by atoms with van der Waals surface area (Å²) in [4.78, 5) is 19.3. The second-order valence-electron chi connectivity index (χ2n) is 23.9. The topological polar surface area (TPSA) is 118 Å². The third-order valence-corrected chi connectivity index (χ3v) is 20.8. The molecule has 2 N–H and O–H groups in total. The van der Waals surface area contributed by atoms with E-state index in [0.29, 0.717) is 21.9 Å². The highest BCUT2D eigenvalue weighted by molar-refractivity contribution is 7.26. The molecule has 6 aromatic heterocycles. The maximum absolute atomic E-state index is 9.47. The van der Waals surface area contributed by atoms with Gasteiger partial charge in [0, 0.05) is 45.4 Å². The number of halogens is 1. The molecule has 0 aliphatic rings. The lowest BCUT2D eigenvalue weighted by Crippen LogP contribution is -2.29. The fourth-order valence-corrected chi connectivity index (χ4v) is 16.1. The number of hydrogen-bond donors (Lipinski definition) is 2. The smallest absolute Gasteiger partial charge is 0.436 e. The lowest BCUT2D eigenvalue weighted by atomic mass is 9.79. The molecule has 0 radical (unpaired) electrons. The molecule has 0 bridgehead atoms. The van der Waals surface area contributed by atoms with Crippen LogP contribution in [0.2, 0.25) is 5.02 Å². The van der Waals surface area contributed by atoms with E-state index in [2.05, 4.69) is 229 Å². The van der Waals surface area contributed by atoms with Gasteiger partial charge in [0.2, 0.25) is 11.4 Å². The summed E-state index contributed by atoms with van der Waals surface area (Å²) in [6, 6.07) is 100. The molecule has 0 fully saturated rings. The number of fused-ring (bicyclic) bond motifs is 18. The van der Waals surface area contributed by atoms with Crippen LogP contribution in [0.5, 0.6) is 0 Å². The van der Waals surface area contributed by atoms with Crippen LogP contribution in [0.3, 0.4) is 0 Å². The Labute approximate surface area is 562 Å². The quantitative estimate of drug-likeness (QED) is 0.158. The van der Waals surface area contributed by atoms with Crippen molar-refractivity contribution in [3.8, 4) is 55.6 Å². The molecule has 0 unspecified atom stereocenters. The average molecular weight is 1290 g/mol. The van der Waals surface area contributed by atoms with Crippen molar-refractivity contribution in [2.75, 3.05) is 0 Å². The van der Waals surface area contributed by atoms with Crippen LogP contribution in [-0.4, -0.2) is 37.1 Å². The first-order valence-corrected chi connectivity index (χ1v) is 33.6. The van der Waals surface area contributed by atoms with Gasteiger partial charge in [0.15, 0.2) is 0 Å². The minimum atomic E-state index is -1.46. The molecule has 0 aliphatic heterocycles. The number of hydrogen-bond acceptors (Lipinski definition) is 10. The predicted molar refractivity (Wildman–Crippen MR) is 403 cm³/mol. The number of rotatable bonds is 6. The van der Waals surface area contributed by atoms with E-state index in [4.69, 9.17) is 35.4 Å². The predicted octanol–water partition coefficient (Wildman–Crippen LogP) is 22.5. The van der Waals surface area contributed by atoms with Crippen molar-refractivity contribution in [3.05, 3.63) is 296 Å². The number of aromatic nitrogens is 4. The SMILES string of the molecule is Clc1ccc2nc3c(nc2c1)oc1ccc2ccccc2c13.OB(O)c1cccc(-c2cccc(-c3cccc4c3sc3ccccc34)c2)c1.c1cc(-c2cccc(-c3cccc4c3sc3ccccc34)c2)cc(-c2ccc3nc4c(nc3c2)oc2ccc3ccccc3c24)c1. The first-order valence-electron chi connectivity index (χ1n) is 31.5. The molecular weight excluding hydrogens is 1240 g/mol. The van der Waals surface area contributed by atoms with Crippen molar-refractivity contribution in [1.82, 2.24) is 19.9 Å². The Balaban J connectivity index is 0.000000114. The van der Waals surface area contributed by atoms with Crippen LogP contribution in [0, 0.1) is 0 Å². The molecule has 0 aliphatic carbocycles. The fourth-order valence-electron chi connectivity index (χ4n) is 13.5. The highest BCUT2D eigenvalue weighted by Gasteiger charge is 2.19. The Bertz CT molecular complexity index is 6510. The lowest BCUT2D eigenvalue weighted by molar-refractivity contribution is 0.426. The van der Waals surface area contributed by atoms with Crippen LogP contribution in [0.25, 0.3) is 184 Å². The second kappa shape index (κ2) is 23.6. The third-order valence-electron chi connectivity index (χ3n) is 18.1. The van der Waals surface area contributed by atoms with Crippen LogP contribution >= 0.6 is 34.3 Å². The summed E-state index contributed by atoms with van der Waals surface area (Å²) in [5.41, 5.74) is 19.5. The molecule has 20 rings (SSSR count). The van der Waals surface area contributed by atoms with Crippen LogP contribution in [0.1, 0.15) is 0 Å². The number of benzene rings is 14. The van der Waals surface area contributed by atoms with Crippen molar-refractivity contribution in [3.63, 3.8) is 0 Å². The Morgan fingerprint density at radius 3 is 1.24 bits per heavy atom. The van der Waals surface area contributed by atoms with Gasteiger partial charge in [0.1, 0.15) is 22.2 Å². The van der Waals surface area contributed by atoms with Crippen LogP contribution < -0.4 is 5.46 Å². The molecule has 0 amide bonds. The second-order valence-corrected chi connectivity index (χ2v) is 26.5. The zero-order chi connectivity index (χ0) is 64.0. The number of thiophene rings is 2. The summed E-state index contributed by atoms with van der Waals surface area (Å²) in [5.74, 6) is 0. The first-order chi connectivity index (χ1) is 47.3. The van der Waals surface area contributed by atoms with E-state index in [0.717, 1.165) is 104 Å². The summed E-state index contributed by atoms with van der Waals surface area (Å²) in [5, 5.41) is 31.4. The maximum atomic E-state index is 9.47. The van der Waals surface area contributed by atoms with Crippen molar-refractivity contribution < 1.29 is 18.9 Å². The molecule has 452 valence electrons. The van der Waals surface area contributed by atoms with E-state index >= 15 is 0 Å². The molecule has 14 aromatic carbocycles. The maximum Gasteiger partial charge on any atom is 0.488 e. The van der Waals surface area contributed by atoms with E-state index in [1.807, 2.05) is 77.3 Å². The van der Waals surface area contributed by atoms with Gasteiger partial charge in [-0.3, -0.25) is 0 Å². The normalized spacial score (nSPS) is 11.7. The van der Waals surface area contributed by atoms with E-state index in [1.54, 1.807) is 12.1 Å². The van der Waals surface area contributed by atoms with Gasteiger partial charge in [-0.25, -0.2) is 19.9 Å². The largest absolute Gasteiger partial charge is 0.488 e. The first kappa shape index (κ1) is 57.3. The Morgan fingerprint density at radius 1 is 0.312 bits per heavy atom. The molecule has 0 saturated heterocycles. The Kier molecular flexibility index (Phi) is 14.1. The highest BCUT2D eigenvalue weighted by atomic mass is 35.5. The summed E-state index contributed by atoms with van der Waals surface area (Å²) in [7, 11) is -1.46. The molecule has 8 nitrogen and oxygen atoms in total. The monoisotopic (exact) mass is 1290 g/mol. The zero-order valence-electron chi connectivity index (χ0n) is 51.0. The van der Waals surface area contributed by atoms with Crippen molar-refractivity contribution in [1.29, 1.82) is 0 Å². The minimum Gasteiger partial charge on any atom is -0.436 e. The van der Waals surface area contributed by atoms with E-state index in [-0.39, 0.29) is 0 Å². The zero-order valence-corrected chi connectivity index (χ0v) is 53.4. The lowest BCUT2D eigenvalue weighted by Gasteiger charge is -2.10. The number of nitrogens with zero attached hydrogens (tertiary/aromatic N) is 4. The molecule has 0 spiro atoms. The van der Waals surface area contributed by atoms with Gasteiger partial charge in [0.05, 0.1) is 32.8 Å². The average Bonchev–Trinajstić information content (AvgIpc) is 1.60. The summed E-state index contributed by atoms with van der Waals surface area (Å²) < 4.78 is 17.3. The molecule has 0 atom stereocenters. The summed E-state index contributed by atoms with van der Waals surface area (Å²) in [6.07, 6.45) is 0. The van der Waals surface area contributed by atoms with Gasteiger partial charge in [-0.15, -0.1) is 22.7 Å². The van der Waals surface area contributed by atoms with Gasteiger partial charge < -0.3 is 18.9 Å². The molecule has 12 heteroatoms. The standard InChI is InChI=1S/C42H24N2OS.C24H17BO2S.C18H9ClN2O/c1-2-13-31-25(8-1)19-21-37-39(31)40-42(45-37)44-36-24-29(18-20-35(36)43-40)27-10-5-9-26(22-27)28-11-6-12-30(23-28)32-15-7-16-34-33-14-3-4-17-38(33)46-41(32)34;26-25(27)19-9-4-7-17(15-19)16-6-3-8-18(14-16)20-11-5-12-22-21-10-1-2-13-23(21)28-24(20)22;19-11-6-7-13-14(9-11)21-18-17(20-13)16-12-4-2-1-3-10(12)5-8-15(16)22-18/h1-24H;1-15,26-27H;1-9H. The molecule has 6 heterocycles. The summed E-state index contributed by atoms with van der Waals surface area (Å²) in [6.45, 7) is 0. The molecular formula is C84H50BClN4O4S2.